The van der Waals surface area contributed by atoms with E-state index in [1.54, 1.807) is 24.9 Å². The molecule has 2 N–H and O–H groups in total. The third-order valence-corrected chi connectivity index (χ3v) is 3.11. The van der Waals surface area contributed by atoms with E-state index in [4.69, 9.17) is 4.74 Å². The van der Waals surface area contributed by atoms with E-state index in [0.29, 0.717) is 19.7 Å². The number of hydrogen-bond donors (Lipinski definition) is 2. The number of likely N-dealkylation sites (N-methyl/N-ethyl adjacent to an activating group) is 1. The van der Waals surface area contributed by atoms with Crippen LogP contribution in [0.25, 0.3) is 0 Å². The maximum atomic E-state index is 10.5. The standard InChI is InChI=1S/C11H20BrN3O2/c1-4-13-8-11(2,16)10-9(12)7-14-15(10)5-6-17-3/h7,13,16H,4-6,8H2,1-3H3. The quantitative estimate of drug-likeness (QED) is 0.792. The van der Waals surface area contributed by atoms with Crippen molar-refractivity contribution in [2.45, 2.75) is 26.0 Å². The van der Waals surface area contributed by atoms with Gasteiger partial charge in [-0.05, 0) is 29.4 Å². The zero-order valence-electron chi connectivity index (χ0n) is 10.5. The minimum Gasteiger partial charge on any atom is -0.383 e. The molecular weight excluding hydrogens is 286 g/mol. The van der Waals surface area contributed by atoms with E-state index in [0.717, 1.165) is 16.7 Å². The monoisotopic (exact) mass is 305 g/mol. The summed E-state index contributed by atoms with van der Waals surface area (Å²) in [6.45, 7) is 6.28. The van der Waals surface area contributed by atoms with Gasteiger partial charge < -0.3 is 15.2 Å². The molecule has 0 saturated heterocycles. The largest absolute Gasteiger partial charge is 0.383 e. The van der Waals surface area contributed by atoms with Crippen LogP contribution in [-0.2, 0) is 16.9 Å². The van der Waals surface area contributed by atoms with Crippen molar-refractivity contribution in [3.63, 3.8) is 0 Å². The van der Waals surface area contributed by atoms with Crippen LogP contribution >= 0.6 is 15.9 Å². The molecule has 6 heteroatoms. The maximum Gasteiger partial charge on any atom is 0.117 e. The molecule has 1 rings (SSSR count). The van der Waals surface area contributed by atoms with E-state index in [-0.39, 0.29) is 0 Å². The normalized spacial score (nSPS) is 14.9. The van der Waals surface area contributed by atoms with Crippen LogP contribution in [0.1, 0.15) is 19.5 Å². The van der Waals surface area contributed by atoms with E-state index >= 15 is 0 Å². The van der Waals surface area contributed by atoms with Gasteiger partial charge in [-0.2, -0.15) is 5.10 Å². The Bertz CT molecular complexity index is 352. The molecule has 0 bridgehead atoms. The number of aromatic nitrogens is 2. The number of ether oxygens (including phenoxy) is 1. The van der Waals surface area contributed by atoms with Crippen molar-refractivity contribution in [3.8, 4) is 0 Å². The van der Waals surface area contributed by atoms with Gasteiger partial charge in [0.25, 0.3) is 0 Å². The second kappa shape index (κ2) is 6.49. The molecule has 98 valence electrons. The van der Waals surface area contributed by atoms with E-state index in [9.17, 15) is 5.11 Å². The fourth-order valence-electron chi connectivity index (χ4n) is 1.70. The molecule has 1 unspecified atom stereocenters. The van der Waals surface area contributed by atoms with Crippen LogP contribution in [0, 0.1) is 0 Å². The van der Waals surface area contributed by atoms with Crippen LogP contribution in [0.2, 0.25) is 0 Å². The van der Waals surface area contributed by atoms with Crippen LogP contribution < -0.4 is 5.32 Å². The molecule has 17 heavy (non-hydrogen) atoms. The average Bonchev–Trinajstić information content (AvgIpc) is 2.66. The van der Waals surface area contributed by atoms with Gasteiger partial charge in [0.2, 0.25) is 0 Å². The number of hydrogen-bond acceptors (Lipinski definition) is 4. The lowest BCUT2D eigenvalue weighted by Gasteiger charge is -2.25. The van der Waals surface area contributed by atoms with Gasteiger partial charge in [-0.1, -0.05) is 6.92 Å². The number of halogens is 1. The molecule has 0 amide bonds. The summed E-state index contributed by atoms with van der Waals surface area (Å²) in [4.78, 5) is 0. The number of aliphatic hydroxyl groups is 1. The first kappa shape index (κ1) is 14.6. The Morgan fingerprint density at radius 1 is 1.65 bits per heavy atom. The van der Waals surface area contributed by atoms with E-state index < -0.39 is 5.60 Å². The Morgan fingerprint density at radius 3 is 2.94 bits per heavy atom. The molecule has 0 aliphatic heterocycles. The minimum atomic E-state index is -0.959. The molecule has 1 aromatic rings. The summed E-state index contributed by atoms with van der Waals surface area (Å²) in [7, 11) is 1.65. The van der Waals surface area contributed by atoms with Gasteiger partial charge in [-0.3, -0.25) is 4.68 Å². The summed E-state index contributed by atoms with van der Waals surface area (Å²) in [5, 5.41) is 17.8. The molecule has 1 aromatic heterocycles. The van der Waals surface area contributed by atoms with Gasteiger partial charge in [0.05, 0.1) is 29.5 Å². The molecule has 0 spiro atoms. The summed E-state index contributed by atoms with van der Waals surface area (Å²) in [6, 6.07) is 0. The Labute approximate surface area is 110 Å². The summed E-state index contributed by atoms with van der Waals surface area (Å²) < 4.78 is 7.62. The highest BCUT2D eigenvalue weighted by atomic mass is 79.9. The van der Waals surface area contributed by atoms with Crippen molar-refractivity contribution in [1.29, 1.82) is 0 Å². The van der Waals surface area contributed by atoms with Gasteiger partial charge in [0.15, 0.2) is 0 Å². The van der Waals surface area contributed by atoms with Gasteiger partial charge in [-0.15, -0.1) is 0 Å². The fourth-order valence-corrected chi connectivity index (χ4v) is 2.42. The maximum absolute atomic E-state index is 10.5. The van der Waals surface area contributed by atoms with Crippen molar-refractivity contribution in [1.82, 2.24) is 15.1 Å². The van der Waals surface area contributed by atoms with Gasteiger partial charge >= 0.3 is 0 Å². The predicted octanol–water partition coefficient (Wildman–Crippen LogP) is 1.11. The minimum absolute atomic E-state index is 0.487. The summed E-state index contributed by atoms with van der Waals surface area (Å²) in [5.41, 5.74) is -0.186. The Kier molecular flexibility index (Phi) is 5.58. The molecule has 0 radical (unpaired) electrons. The van der Waals surface area contributed by atoms with Crippen LogP contribution in [0.3, 0.4) is 0 Å². The van der Waals surface area contributed by atoms with Gasteiger partial charge in [0, 0.05) is 13.7 Å². The van der Waals surface area contributed by atoms with Crippen LogP contribution in [0.5, 0.6) is 0 Å². The van der Waals surface area contributed by atoms with Crippen LogP contribution in [0.15, 0.2) is 10.7 Å². The van der Waals surface area contributed by atoms with E-state index in [1.807, 2.05) is 6.92 Å². The molecule has 1 atom stereocenters. The summed E-state index contributed by atoms with van der Waals surface area (Å²) in [6.07, 6.45) is 1.70. The predicted molar refractivity (Wildman–Crippen MR) is 69.9 cm³/mol. The highest BCUT2D eigenvalue weighted by molar-refractivity contribution is 9.10. The number of nitrogens with zero attached hydrogens (tertiary/aromatic N) is 2. The molecule has 5 nitrogen and oxygen atoms in total. The number of rotatable bonds is 7. The van der Waals surface area contributed by atoms with Crippen LogP contribution in [-0.4, -0.2) is 41.7 Å². The lowest BCUT2D eigenvalue weighted by molar-refractivity contribution is 0.0455. The Balaban J connectivity index is 2.89. The molecule has 0 aromatic carbocycles. The second-order valence-electron chi connectivity index (χ2n) is 4.11. The first-order valence-electron chi connectivity index (χ1n) is 5.66. The molecular formula is C11H20BrN3O2. The van der Waals surface area contributed by atoms with Crippen molar-refractivity contribution < 1.29 is 9.84 Å². The zero-order valence-corrected chi connectivity index (χ0v) is 12.1. The molecule has 0 saturated carbocycles. The first-order valence-corrected chi connectivity index (χ1v) is 6.46. The second-order valence-corrected chi connectivity index (χ2v) is 4.97. The van der Waals surface area contributed by atoms with Crippen molar-refractivity contribution in [2.75, 3.05) is 26.8 Å². The van der Waals surface area contributed by atoms with E-state index in [2.05, 4.69) is 26.3 Å². The molecule has 0 aliphatic carbocycles. The fraction of sp³-hybridized carbons (Fsp3) is 0.727. The van der Waals surface area contributed by atoms with E-state index in [1.165, 1.54) is 0 Å². The molecule has 0 fully saturated rings. The van der Waals surface area contributed by atoms with Crippen LogP contribution in [0.4, 0.5) is 0 Å². The summed E-state index contributed by atoms with van der Waals surface area (Å²) >= 11 is 3.42. The third kappa shape index (κ3) is 3.77. The lowest BCUT2D eigenvalue weighted by Crippen LogP contribution is -2.37. The van der Waals surface area contributed by atoms with Crippen molar-refractivity contribution in [3.05, 3.63) is 16.4 Å². The Morgan fingerprint density at radius 2 is 2.35 bits per heavy atom. The molecule has 1 heterocycles. The van der Waals surface area contributed by atoms with Crippen molar-refractivity contribution in [2.24, 2.45) is 0 Å². The van der Waals surface area contributed by atoms with Gasteiger partial charge in [-0.25, -0.2) is 0 Å². The Hall–Kier alpha value is -0.430. The zero-order chi connectivity index (χ0) is 12.9. The van der Waals surface area contributed by atoms with Crippen molar-refractivity contribution >= 4 is 15.9 Å². The smallest absolute Gasteiger partial charge is 0.117 e. The average molecular weight is 306 g/mol. The number of methoxy groups -OCH3 is 1. The highest BCUT2D eigenvalue weighted by Gasteiger charge is 2.29. The number of nitrogens with one attached hydrogen (secondary N) is 1. The summed E-state index contributed by atoms with van der Waals surface area (Å²) in [5.74, 6) is 0. The SMILES string of the molecule is CCNCC(C)(O)c1c(Br)cnn1CCOC. The first-order chi connectivity index (χ1) is 8.03. The topological polar surface area (TPSA) is 59.3 Å². The molecule has 0 aliphatic rings. The lowest BCUT2D eigenvalue weighted by atomic mass is 10.0. The van der Waals surface area contributed by atoms with Gasteiger partial charge in [0.1, 0.15) is 5.60 Å². The highest BCUT2D eigenvalue weighted by Crippen LogP contribution is 2.27. The third-order valence-electron chi connectivity index (χ3n) is 2.53.